The van der Waals surface area contributed by atoms with E-state index in [1.165, 1.54) is 33.2 Å². The Balaban J connectivity index is 1.51. The molecule has 0 N–H and O–H groups in total. The third kappa shape index (κ3) is 3.08. The first-order valence-electron chi connectivity index (χ1n) is 8.31. The molecule has 2 aromatic rings. The maximum atomic E-state index is 12.9. The fourth-order valence-electron chi connectivity index (χ4n) is 3.44. The third-order valence-electron chi connectivity index (χ3n) is 4.74. The van der Waals surface area contributed by atoms with Gasteiger partial charge in [0.25, 0.3) is 5.19 Å². The zero-order chi connectivity index (χ0) is 16.6. The van der Waals surface area contributed by atoms with Gasteiger partial charge in [0.05, 0.1) is 11.4 Å². The van der Waals surface area contributed by atoms with Crippen molar-refractivity contribution in [3.63, 3.8) is 0 Å². The quantitative estimate of drug-likeness (QED) is 0.837. The number of ether oxygens (including phenoxy) is 1. The number of rotatable bonds is 4. The summed E-state index contributed by atoms with van der Waals surface area (Å²) in [7, 11) is -3.45. The van der Waals surface area contributed by atoms with Gasteiger partial charge in [-0.3, -0.25) is 0 Å². The second-order valence-electron chi connectivity index (χ2n) is 6.33. The molecule has 24 heavy (non-hydrogen) atoms. The van der Waals surface area contributed by atoms with Crippen LogP contribution in [0, 0.1) is 0 Å². The molecule has 7 heteroatoms. The molecule has 128 valence electrons. The number of aromatic nitrogens is 1. The number of benzene rings is 1. The topological polar surface area (TPSA) is 59.5 Å². The summed E-state index contributed by atoms with van der Waals surface area (Å²) in [5.74, 6) is 0. The fourth-order valence-corrected chi connectivity index (χ4v) is 5.53. The van der Waals surface area contributed by atoms with Crippen LogP contribution < -0.4 is 4.74 Å². The maximum Gasteiger partial charge on any atom is 0.273 e. The van der Waals surface area contributed by atoms with E-state index in [9.17, 15) is 8.42 Å². The number of aryl methyl sites for hydroxylation is 2. The molecule has 1 atom stereocenters. The lowest BCUT2D eigenvalue weighted by molar-refractivity contribution is 0.214. The number of sulfonamides is 1. The highest BCUT2D eigenvalue weighted by molar-refractivity contribution is 7.89. The smallest absolute Gasteiger partial charge is 0.273 e. The Hall–Kier alpha value is -1.44. The highest BCUT2D eigenvalue weighted by atomic mass is 32.2. The van der Waals surface area contributed by atoms with Crippen molar-refractivity contribution in [1.82, 2.24) is 9.29 Å². The second-order valence-corrected chi connectivity index (χ2v) is 9.12. The van der Waals surface area contributed by atoms with Gasteiger partial charge in [0.15, 0.2) is 0 Å². The van der Waals surface area contributed by atoms with Crippen LogP contribution in [0.4, 0.5) is 0 Å². The van der Waals surface area contributed by atoms with Gasteiger partial charge in [-0.2, -0.15) is 4.31 Å². The Morgan fingerprint density at radius 2 is 2.04 bits per heavy atom. The molecule has 1 aliphatic heterocycles. The van der Waals surface area contributed by atoms with Gasteiger partial charge in [-0.1, -0.05) is 17.4 Å². The molecule has 1 aromatic carbocycles. The summed E-state index contributed by atoms with van der Waals surface area (Å²) < 4.78 is 33.2. The number of nitrogens with zero attached hydrogens (tertiary/aromatic N) is 2. The van der Waals surface area contributed by atoms with Gasteiger partial charge in [-0.25, -0.2) is 13.4 Å². The molecule has 1 fully saturated rings. The summed E-state index contributed by atoms with van der Waals surface area (Å²) in [6.07, 6.45) is 6.65. The van der Waals surface area contributed by atoms with Gasteiger partial charge in [0, 0.05) is 18.1 Å². The first-order chi connectivity index (χ1) is 11.6. The maximum absolute atomic E-state index is 12.9. The summed E-state index contributed by atoms with van der Waals surface area (Å²) in [4.78, 5) is 4.52. The van der Waals surface area contributed by atoms with Gasteiger partial charge in [0.2, 0.25) is 10.0 Å². The molecule has 0 amide bonds. The van der Waals surface area contributed by atoms with Crippen molar-refractivity contribution in [3.05, 3.63) is 40.9 Å². The largest absolute Gasteiger partial charge is 0.465 e. The van der Waals surface area contributed by atoms with Crippen LogP contribution in [0.3, 0.4) is 0 Å². The van der Waals surface area contributed by atoms with Gasteiger partial charge in [-0.05, 0) is 55.4 Å². The molecule has 5 nitrogen and oxygen atoms in total. The van der Waals surface area contributed by atoms with Crippen molar-refractivity contribution in [2.24, 2.45) is 0 Å². The highest BCUT2D eigenvalue weighted by Gasteiger charge is 2.34. The van der Waals surface area contributed by atoms with E-state index in [0.29, 0.717) is 29.6 Å². The summed E-state index contributed by atoms with van der Waals surface area (Å²) in [5, 5.41) is 2.46. The molecular formula is C17H20N2O3S2. The molecule has 2 aliphatic rings. The molecule has 0 radical (unpaired) electrons. The summed E-state index contributed by atoms with van der Waals surface area (Å²) in [6, 6.07) is 5.62. The Labute approximate surface area is 146 Å². The summed E-state index contributed by atoms with van der Waals surface area (Å²) >= 11 is 1.43. The number of thiazole rings is 1. The van der Waals surface area contributed by atoms with E-state index in [2.05, 4.69) is 4.98 Å². The average Bonchev–Trinajstić information content (AvgIpc) is 3.27. The van der Waals surface area contributed by atoms with Crippen molar-refractivity contribution in [2.75, 3.05) is 13.1 Å². The van der Waals surface area contributed by atoms with Crippen molar-refractivity contribution >= 4 is 21.4 Å². The number of hydrogen-bond acceptors (Lipinski definition) is 5. The molecule has 1 aliphatic carbocycles. The SMILES string of the molecule is O=S(=O)(c1ccc2c(c1)CCCC2)N1CCC(Oc2nccs2)C1. The summed E-state index contributed by atoms with van der Waals surface area (Å²) in [6.45, 7) is 0.883. The van der Waals surface area contributed by atoms with E-state index in [0.717, 1.165) is 19.3 Å². The van der Waals surface area contributed by atoms with Crippen LogP contribution in [-0.4, -0.2) is 36.9 Å². The minimum Gasteiger partial charge on any atom is -0.465 e. The zero-order valence-corrected chi connectivity index (χ0v) is 15.0. The highest BCUT2D eigenvalue weighted by Crippen LogP contribution is 2.28. The predicted molar refractivity (Wildman–Crippen MR) is 93.0 cm³/mol. The van der Waals surface area contributed by atoms with E-state index in [4.69, 9.17) is 4.74 Å². The normalized spacial score (nSPS) is 21.6. The van der Waals surface area contributed by atoms with Gasteiger partial charge < -0.3 is 4.74 Å². The molecule has 0 bridgehead atoms. The Bertz CT molecular complexity index is 818. The van der Waals surface area contributed by atoms with Crippen LogP contribution in [0.2, 0.25) is 0 Å². The predicted octanol–water partition coefficient (Wildman–Crippen LogP) is 2.86. The number of hydrogen-bond donors (Lipinski definition) is 0. The molecule has 0 spiro atoms. The van der Waals surface area contributed by atoms with E-state index < -0.39 is 10.0 Å². The van der Waals surface area contributed by atoms with Crippen LogP contribution in [-0.2, 0) is 22.9 Å². The van der Waals surface area contributed by atoms with Gasteiger partial charge in [0.1, 0.15) is 6.10 Å². The zero-order valence-electron chi connectivity index (χ0n) is 13.3. The van der Waals surface area contributed by atoms with Crippen LogP contribution in [0.15, 0.2) is 34.7 Å². The van der Waals surface area contributed by atoms with Crippen LogP contribution >= 0.6 is 11.3 Å². The van der Waals surface area contributed by atoms with Crippen LogP contribution in [0.25, 0.3) is 0 Å². The second kappa shape index (κ2) is 6.46. The summed E-state index contributed by atoms with van der Waals surface area (Å²) in [5.41, 5.74) is 2.49. The average molecular weight is 364 g/mol. The molecule has 1 unspecified atom stereocenters. The minimum atomic E-state index is -3.45. The first kappa shape index (κ1) is 16.1. The molecule has 0 saturated carbocycles. The van der Waals surface area contributed by atoms with Crippen molar-refractivity contribution in [2.45, 2.75) is 43.1 Å². The lowest BCUT2D eigenvalue weighted by Crippen LogP contribution is -2.31. The lowest BCUT2D eigenvalue weighted by Gasteiger charge is -2.20. The Morgan fingerprint density at radius 1 is 1.21 bits per heavy atom. The van der Waals surface area contributed by atoms with Crippen LogP contribution in [0.5, 0.6) is 5.19 Å². The van der Waals surface area contributed by atoms with E-state index in [-0.39, 0.29) is 6.10 Å². The minimum absolute atomic E-state index is 0.122. The third-order valence-corrected chi connectivity index (χ3v) is 7.26. The molecule has 1 aromatic heterocycles. The number of fused-ring (bicyclic) bond motifs is 1. The van der Waals surface area contributed by atoms with Crippen LogP contribution in [0.1, 0.15) is 30.4 Å². The van der Waals surface area contributed by atoms with Crippen molar-refractivity contribution in [1.29, 1.82) is 0 Å². The molecule has 4 rings (SSSR count). The first-order valence-corrected chi connectivity index (χ1v) is 10.6. The molecule has 2 heterocycles. The van der Waals surface area contributed by atoms with Gasteiger partial charge >= 0.3 is 0 Å². The lowest BCUT2D eigenvalue weighted by atomic mass is 9.92. The van der Waals surface area contributed by atoms with E-state index in [1.807, 2.05) is 17.5 Å². The Morgan fingerprint density at radius 3 is 2.83 bits per heavy atom. The van der Waals surface area contributed by atoms with E-state index >= 15 is 0 Å². The van der Waals surface area contributed by atoms with Crippen molar-refractivity contribution in [3.8, 4) is 5.19 Å². The van der Waals surface area contributed by atoms with Gasteiger partial charge in [-0.15, -0.1) is 0 Å². The standard InChI is InChI=1S/C17H20N2O3S2/c20-24(21,16-6-5-13-3-1-2-4-14(13)11-16)19-9-7-15(12-19)22-17-18-8-10-23-17/h5-6,8,10-11,15H,1-4,7,9,12H2. The Kier molecular flexibility index (Phi) is 4.32. The monoisotopic (exact) mass is 364 g/mol. The fraction of sp³-hybridized carbons (Fsp3) is 0.471. The molecule has 1 saturated heterocycles. The van der Waals surface area contributed by atoms with E-state index in [1.54, 1.807) is 12.3 Å². The molecular weight excluding hydrogens is 344 g/mol. The van der Waals surface area contributed by atoms with Crippen molar-refractivity contribution < 1.29 is 13.2 Å².